The van der Waals surface area contributed by atoms with Crippen LogP contribution in [-0.2, 0) is 14.4 Å². The van der Waals surface area contributed by atoms with E-state index >= 15 is 0 Å². The summed E-state index contributed by atoms with van der Waals surface area (Å²) in [7, 11) is 0. The lowest BCUT2D eigenvalue weighted by Crippen LogP contribution is -2.62. The van der Waals surface area contributed by atoms with Crippen LogP contribution in [0.1, 0.15) is 49.1 Å². The predicted octanol–water partition coefficient (Wildman–Crippen LogP) is 4.84. The number of rotatable bonds is 7. The highest BCUT2D eigenvalue weighted by Crippen LogP contribution is 2.47. The van der Waals surface area contributed by atoms with E-state index in [1.54, 1.807) is 6.07 Å². The third kappa shape index (κ3) is 6.34. The summed E-state index contributed by atoms with van der Waals surface area (Å²) in [6.07, 6.45) is -2.54. The number of anilines is 2. The number of nitrogens with zero attached hydrogens (tertiary/aromatic N) is 3. The van der Waals surface area contributed by atoms with Crippen molar-refractivity contribution in [2.45, 2.75) is 61.6 Å². The normalized spacial score (nSPS) is 22.0. The zero-order chi connectivity index (χ0) is 32.5. The average molecular weight is 644 g/mol. The molecule has 1 aromatic heterocycles. The maximum atomic E-state index is 14.5. The van der Waals surface area contributed by atoms with E-state index in [1.807, 2.05) is 6.07 Å². The first kappa shape index (κ1) is 31.9. The zero-order valence-corrected chi connectivity index (χ0v) is 24.2. The van der Waals surface area contributed by atoms with Crippen LogP contribution >= 0.6 is 11.6 Å². The molecular formula is C31H26ClF4N5O4. The van der Waals surface area contributed by atoms with Gasteiger partial charge in [0.2, 0.25) is 11.8 Å². The number of aliphatic hydroxyl groups excluding tert-OH is 1. The maximum Gasteiger partial charge on any atom is 0.258 e. The van der Waals surface area contributed by atoms with Crippen LogP contribution in [0, 0.1) is 23.0 Å². The van der Waals surface area contributed by atoms with Gasteiger partial charge in [0.25, 0.3) is 11.8 Å². The lowest BCUT2D eigenvalue weighted by molar-refractivity contribution is -0.132. The molecular weight excluding hydrogens is 618 g/mol. The molecule has 1 saturated heterocycles. The molecule has 45 heavy (non-hydrogen) atoms. The number of alkyl halides is 2. The summed E-state index contributed by atoms with van der Waals surface area (Å²) in [4.78, 5) is 47.5. The molecule has 1 saturated carbocycles. The van der Waals surface area contributed by atoms with Gasteiger partial charge in [0.1, 0.15) is 29.1 Å². The van der Waals surface area contributed by atoms with Crippen molar-refractivity contribution in [2.24, 2.45) is 0 Å². The number of carbonyl (C=O) groups is 3. The zero-order valence-electron chi connectivity index (χ0n) is 23.4. The topological polar surface area (TPSA) is 135 Å². The number of nitriles is 1. The van der Waals surface area contributed by atoms with Crippen molar-refractivity contribution < 1.29 is 37.1 Å². The van der Waals surface area contributed by atoms with E-state index in [9.17, 15) is 42.3 Å². The molecule has 2 unspecified atom stereocenters. The Hall–Kier alpha value is -4.54. The molecule has 0 bridgehead atoms. The fraction of sp³-hybridized carbons (Fsp3) is 0.323. The molecule has 5 rings (SSSR count). The number of nitrogens with one attached hydrogen (secondary N) is 2. The minimum atomic E-state index is -2.90. The Balaban J connectivity index is 1.71. The van der Waals surface area contributed by atoms with E-state index in [-0.39, 0.29) is 40.5 Å². The van der Waals surface area contributed by atoms with Crippen molar-refractivity contribution in [1.82, 2.24) is 10.3 Å². The van der Waals surface area contributed by atoms with Gasteiger partial charge in [-0.3, -0.25) is 19.3 Å². The SMILES string of the molecule is N#Cc1ccnc(N2C(=O)C(O)CC2(C(=O)Nc2cc(F)cc(F)c2)[C@@H](C(=O)NC2CCC(F)(F)CC2)c2ccccc2Cl)c1. The second-order valence-electron chi connectivity index (χ2n) is 11.0. The summed E-state index contributed by atoms with van der Waals surface area (Å²) < 4.78 is 56.1. The largest absolute Gasteiger partial charge is 0.383 e. The average Bonchev–Trinajstić information content (AvgIpc) is 3.25. The Morgan fingerprint density at radius 1 is 1.09 bits per heavy atom. The first-order valence-electron chi connectivity index (χ1n) is 13.9. The molecule has 0 spiro atoms. The number of amides is 3. The van der Waals surface area contributed by atoms with Crippen molar-refractivity contribution >= 4 is 40.8 Å². The van der Waals surface area contributed by atoms with Crippen LogP contribution < -0.4 is 15.5 Å². The first-order valence-corrected chi connectivity index (χ1v) is 14.3. The van der Waals surface area contributed by atoms with Gasteiger partial charge >= 0.3 is 0 Å². The van der Waals surface area contributed by atoms with Crippen LogP contribution in [0.15, 0.2) is 60.8 Å². The van der Waals surface area contributed by atoms with Gasteiger partial charge in [-0.1, -0.05) is 29.8 Å². The number of aliphatic hydroxyl groups is 1. The summed E-state index contributed by atoms with van der Waals surface area (Å²) in [5.74, 6) is -10.0. The highest BCUT2D eigenvalue weighted by molar-refractivity contribution is 6.32. The Labute approximate surface area is 259 Å². The van der Waals surface area contributed by atoms with Crippen molar-refractivity contribution in [3.63, 3.8) is 0 Å². The van der Waals surface area contributed by atoms with Crippen LogP contribution in [0.25, 0.3) is 0 Å². The number of hydrogen-bond donors (Lipinski definition) is 3. The molecule has 3 atom stereocenters. The molecule has 3 N–H and O–H groups in total. The lowest BCUT2D eigenvalue weighted by atomic mass is 9.74. The van der Waals surface area contributed by atoms with Crippen LogP contribution in [0.5, 0.6) is 0 Å². The van der Waals surface area contributed by atoms with Crippen molar-refractivity contribution in [2.75, 3.05) is 10.2 Å². The van der Waals surface area contributed by atoms with Crippen molar-refractivity contribution in [1.29, 1.82) is 5.26 Å². The molecule has 1 aliphatic heterocycles. The molecule has 234 valence electrons. The Morgan fingerprint density at radius 3 is 2.40 bits per heavy atom. The smallest absolute Gasteiger partial charge is 0.258 e. The van der Waals surface area contributed by atoms with E-state index in [4.69, 9.17) is 11.6 Å². The highest BCUT2D eigenvalue weighted by atomic mass is 35.5. The molecule has 0 radical (unpaired) electrons. The van der Waals surface area contributed by atoms with E-state index in [0.29, 0.717) is 6.07 Å². The van der Waals surface area contributed by atoms with E-state index in [2.05, 4.69) is 15.6 Å². The summed E-state index contributed by atoms with van der Waals surface area (Å²) in [5.41, 5.74) is -2.72. The van der Waals surface area contributed by atoms with Crippen LogP contribution in [-0.4, -0.2) is 51.4 Å². The van der Waals surface area contributed by atoms with Gasteiger partial charge in [0.15, 0.2) is 0 Å². The molecule has 2 heterocycles. The van der Waals surface area contributed by atoms with Gasteiger partial charge in [-0.15, -0.1) is 0 Å². The lowest BCUT2D eigenvalue weighted by Gasteiger charge is -2.42. The van der Waals surface area contributed by atoms with Crippen molar-refractivity contribution in [3.05, 3.63) is 88.6 Å². The fourth-order valence-corrected chi connectivity index (χ4v) is 6.22. The van der Waals surface area contributed by atoms with Gasteiger partial charge in [-0.05, 0) is 48.7 Å². The second kappa shape index (κ2) is 12.5. The monoisotopic (exact) mass is 643 g/mol. The Morgan fingerprint density at radius 2 is 1.76 bits per heavy atom. The third-order valence-electron chi connectivity index (χ3n) is 8.05. The van der Waals surface area contributed by atoms with Gasteiger partial charge in [0, 0.05) is 48.3 Å². The molecule has 2 aliphatic rings. The van der Waals surface area contributed by atoms with Crippen LogP contribution in [0.3, 0.4) is 0 Å². The number of benzene rings is 2. The number of halogens is 5. The highest BCUT2D eigenvalue weighted by Gasteiger charge is 2.63. The van der Waals surface area contributed by atoms with Gasteiger partial charge in [-0.2, -0.15) is 5.26 Å². The minimum Gasteiger partial charge on any atom is -0.383 e. The fourth-order valence-electron chi connectivity index (χ4n) is 5.98. The Bertz CT molecular complexity index is 1670. The molecule has 3 aromatic rings. The summed E-state index contributed by atoms with van der Waals surface area (Å²) in [6.45, 7) is 0. The molecule has 2 fully saturated rings. The van der Waals surface area contributed by atoms with Crippen LogP contribution in [0.2, 0.25) is 5.02 Å². The minimum absolute atomic E-state index is 0.00988. The summed E-state index contributed by atoms with van der Waals surface area (Å²) in [5, 5.41) is 25.6. The maximum absolute atomic E-state index is 14.5. The van der Waals surface area contributed by atoms with E-state index < -0.39 is 78.1 Å². The standard InChI is InChI=1S/C31H26ClF4N5O4/c32-23-4-2-1-3-22(23)26(27(43)39-20-5-8-30(35,36)9-6-20)31(29(45)40-21-13-18(33)12-19(34)14-21)15-24(42)28(44)41(31)25-11-17(16-37)7-10-38-25/h1-4,7,10-14,20,24,26,42H,5-6,8-9,15H2,(H,39,43)(H,40,45)/t24?,26-,31?/m1/s1. The first-order chi connectivity index (χ1) is 21.3. The predicted molar refractivity (Wildman–Crippen MR) is 154 cm³/mol. The quantitative estimate of drug-likeness (QED) is 0.316. The van der Waals surface area contributed by atoms with E-state index in [0.717, 1.165) is 17.0 Å². The molecule has 2 aromatic carbocycles. The Kier molecular flexibility index (Phi) is 8.82. The van der Waals surface area contributed by atoms with Crippen LogP contribution in [0.4, 0.5) is 29.1 Å². The van der Waals surface area contributed by atoms with Crippen molar-refractivity contribution in [3.8, 4) is 6.07 Å². The molecule has 3 amide bonds. The number of aromatic nitrogens is 1. The third-order valence-corrected chi connectivity index (χ3v) is 8.39. The summed E-state index contributed by atoms with van der Waals surface area (Å²) in [6, 6.07) is 11.8. The number of carbonyl (C=O) groups excluding carboxylic acids is 3. The number of pyridine rings is 1. The number of hydrogen-bond acceptors (Lipinski definition) is 6. The summed E-state index contributed by atoms with van der Waals surface area (Å²) >= 11 is 6.57. The second-order valence-corrected chi connectivity index (χ2v) is 11.4. The molecule has 9 nitrogen and oxygen atoms in total. The van der Waals surface area contributed by atoms with Gasteiger partial charge < -0.3 is 15.7 Å². The molecule has 14 heteroatoms. The van der Waals surface area contributed by atoms with Gasteiger partial charge in [0.05, 0.1) is 17.6 Å². The molecule has 1 aliphatic carbocycles. The van der Waals surface area contributed by atoms with E-state index in [1.165, 1.54) is 36.5 Å². The van der Waals surface area contributed by atoms with Gasteiger partial charge in [-0.25, -0.2) is 22.5 Å².